The zero-order valence-electron chi connectivity index (χ0n) is 30.8. The smallest absolute Gasteiger partial charge is 0.262 e. The van der Waals surface area contributed by atoms with Gasteiger partial charge < -0.3 is 9.47 Å². The Hall–Kier alpha value is -5.53. The van der Waals surface area contributed by atoms with Gasteiger partial charge in [-0.3, -0.25) is 49.2 Å². The number of aromatic nitrogens is 3. The first-order valence-electron chi connectivity index (χ1n) is 19.2. The highest BCUT2D eigenvalue weighted by Gasteiger charge is 2.44. The van der Waals surface area contributed by atoms with Crippen molar-refractivity contribution in [1.82, 2.24) is 34.6 Å². The van der Waals surface area contributed by atoms with Crippen molar-refractivity contribution >= 4 is 51.1 Å². The number of amides is 4. The average Bonchev–Trinajstić information content (AvgIpc) is 3.63. The molecule has 0 spiro atoms. The maximum absolute atomic E-state index is 15.4. The Morgan fingerprint density at radius 1 is 0.782 bits per heavy atom. The van der Waals surface area contributed by atoms with Gasteiger partial charge in [-0.15, -0.1) is 0 Å². The van der Waals surface area contributed by atoms with E-state index in [9.17, 15) is 19.2 Å². The summed E-state index contributed by atoms with van der Waals surface area (Å²) in [6.07, 6.45) is 9.00. The Labute approximate surface area is 317 Å². The number of hydrogen-bond acceptors (Lipinski definition) is 9. The molecular weight excluding hydrogens is 700 g/mol. The zero-order chi connectivity index (χ0) is 37.8. The number of halogens is 1. The van der Waals surface area contributed by atoms with Crippen LogP contribution in [0.4, 0.5) is 10.1 Å². The first-order valence-corrected chi connectivity index (χ1v) is 19.2. The fourth-order valence-electron chi connectivity index (χ4n) is 8.87. The third-order valence-electron chi connectivity index (χ3n) is 12.2. The van der Waals surface area contributed by atoms with Crippen LogP contribution in [0.2, 0.25) is 0 Å². The Morgan fingerprint density at radius 2 is 1.58 bits per heavy atom. The Bertz CT molecular complexity index is 2360. The van der Waals surface area contributed by atoms with E-state index in [2.05, 4.69) is 46.7 Å². The molecule has 1 N–H and O–H groups in total. The quantitative estimate of drug-likeness (QED) is 0.225. The lowest BCUT2D eigenvalue weighted by Crippen LogP contribution is -2.54. The van der Waals surface area contributed by atoms with Crippen LogP contribution in [0.15, 0.2) is 67.1 Å². The van der Waals surface area contributed by atoms with E-state index in [1.807, 2.05) is 31.4 Å². The van der Waals surface area contributed by atoms with Gasteiger partial charge in [-0.1, -0.05) is 12.1 Å². The molecule has 9 rings (SSSR count). The largest absolute Gasteiger partial charge is 0.369 e. The highest BCUT2D eigenvalue weighted by Crippen LogP contribution is 2.33. The summed E-state index contributed by atoms with van der Waals surface area (Å²) in [7, 11) is 2.04. The predicted molar refractivity (Wildman–Crippen MR) is 206 cm³/mol. The van der Waals surface area contributed by atoms with Crippen LogP contribution >= 0.6 is 0 Å². The fraction of sp³-hybridized carbons (Fsp3) is 0.381. The summed E-state index contributed by atoms with van der Waals surface area (Å²) in [5, 5.41) is 4.47. The number of fused-ring (bicyclic) bond motifs is 4. The van der Waals surface area contributed by atoms with E-state index in [1.54, 1.807) is 30.6 Å². The molecule has 1 atom stereocenters. The summed E-state index contributed by atoms with van der Waals surface area (Å²) in [6.45, 7) is 6.80. The lowest BCUT2D eigenvalue weighted by molar-refractivity contribution is -0.136. The van der Waals surface area contributed by atoms with E-state index in [1.165, 1.54) is 0 Å². The number of aryl methyl sites for hydroxylation is 1. The molecule has 4 aliphatic heterocycles. The number of rotatable bonds is 8. The van der Waals surface area contributed by atoms with Crippen molar-refractivity contribution in [3.63, 3.8) is 0 Å². The number of hydrogen-bond donors (Lipinski definition) is 1. The number of carbonyl (C=O) groups is 4. The van der Waals surface area contributed by atoms with Crippen molar-refractivity contribution in [2.24, 2.45) is 13.0 Å². The summed E-state index contributed by atoms with van der Waals surface area (Å²) < 4.78 is 17.6. The highest BCUT2D eigenvalue weighted by atomic mass is 19.1. The van der Waals surface area contributed by atoms with Gasteiger partial charge in [-0.05, 0) is 93.2 Å². The van der Waals surface area contributed by atoms with Gasteiger partial charge in [0.2, 0.25) is 11.8 Å². The minimum absolute atomic E-state index is 0.0953. The molecule has 4 aliphatic rings. The Balaban J connectivity index is 0.740. The van der Waals surface area contributed by atoms with E-state index >= 15 is 4.39 Å². The van der Waals surface area contributed by atoms with Crippen molar-refractivity contribution < 1.29 is 23.6 Å². The second kappa shape index (κ2) is 14.3. The normalized spacial score (nSPS) is 20.2. The van der Waals surface area contributed by atoms with Gasteiger partial charge in [0.15, 0.2) is 0 Å². The fourth-order valence-corrected chi connectivity index (χ4v) is 8.87. The summed E-state index contributed by atoms with van der Waals surface area (Å²) in [5.74, 6) is -1.60. The van der Waals surface area contributed by atoms with Crippen LogP contribution in [0.1, 0.15) is 58.5 Å². The minimum atomic E-state index is -0.968. The molecule has 5 aromatic rings. The molecule has 0 saturated carbocycles. The first kappa shape index (κ1) is 35.2. The van der Waals surface area contributed by atoms with Crippen LogP contribution in [0.5, 0.6) is 0 Å². The Morgan fingerprint density at radius 3 is 2.36 bits per heavy atom. The number of piperidine rings is 2. The molecule has 55 heavy (non-hydrogen) atoms. The van der Waals surface area contributed by atoms with Crippen molar-refractivity contribution in [2.75, 3.05) is 50.7 Å². The monoisotopic (exact) mass is 742 g/mol. The lowest BCUT2D eigenvalue weighted by Gasteiger charge is -2.37. The van der Waals surface area contributed by atoms with Crippen LogP contribution in [0.3, 0.4) is 0 Å². The summed E-state index contributed by atoms with van der Waals surface area (Å²) in [5.41, 5.74) is 5.87. The number of pyridine rings is 2. The molecule has 0 aliphatic carbocycles. The van der Waals surface area contributed by atoms with Crippen molar-refractivity contribution in [1.29, 1.82) is 0 Å². The van der Waals surface area contributed by atoms with Gasteiger partial charge in [-0.25, -0.2) is 4.39 Å². The Kier molecular flexibility index (Phi) is 9.13. The maximum Gasteiger partial charge on any atom is 0.262 e. The number of carbonyl (C=O) groups excluding carboxylic acids is 4. The van der Waals surface area contributed by atoms with Gasteiger partial charge in [0.05, 0.1) is 22.3 Å². The second-order valence-corrected chi connectivity index (χ2v) is 15.4. The van der Waals surface area contributed by atoms with Gasteiger partial charge in [0, 0.05) is 92.3 Å². The van der Waals surface area contributed by atoms with E-state index < -0.39 is 23.8 Å². The van der Waals surface area contributed by atoms with Crippen molar-refractivity contribution in [3.8, 4) is 11.1 Å². The van der Waals surface area contributed by atoms with Gasteiger partial charge in [0.1, 0.15) is 11.9 Å². The average molecular weight is 743 g/mol. The first-order chi connectivity index (χ1) is 26.7. The molecule has 1 unspecified atom stereocenters. The molecule has 13 heteroatoms. The molecular formula is C42H43FN8O4. The van der Waals surface area contributed by atoms with Crippen molar-refractivity contribution in [2.45, 2.75) is 44.7 Å². The molecule has 3 fully saturated rings. The lowest BCUT2D eigenvalue weighted by atomic mass is 9.93. The van der Waals surface area contributed by atoms with Crippen LogP contribution in [0, 0.1) is 11.7 Å². The van der Waals surface area contributed by atoms with Crippen molar-refractivity contribution in [3.05, 3.63) is 89.8 Å². The molecule has 4 amide bonds. The van der Waals surface area contributed by atoms with Gasteiger partial charge >= 0.3 is 0 Å². The maximum atomic E-state index is 15.4. The molecule has 0 bridgehead atoms. The molecule has 282 valence electrons. The highest BCUT2D eigenvalue weighted by molar-refractivity contribution is 6.23. The molecule has 0 radical (unpaired) electrons. The van der Waals surface area contributed by atoms with Crippen LogP contribution in [0.25, 0.3) is 32.9 Å². The molecule has 7 heterocycles. The summed E-state index contributed by atoms with van der Waals surface area (Å²) >= 11 is 0. The summed E-state index contributed by atoms with van der Waals surface area (Å²) in [4.78, 5) is 67.3. The third-order valence-corrected chi connectivity index (χ3v) is 12.2. The van der Waals surface area contributed by atoms with Gasteiger partial charge in [-0.2, -0.15) is 0 Å². The number of piperazine rings is 1. The molecule has 12 nitrogen and oxygen atoms in total. The number of likely N-dealkylation sites (tertiary alicyclic amines) is 1. The molecule has 3 aromatic heterocycles. The van der Waals surface area contributed by atoms with Crippen LogP contribution in [-0.2, 0) is 23.2 Å². The van der Waals surface area contributed by atoms with E-state index in [0.29, 0.717) is 29.3 Å². The van der Waals surface area contributed by atoms with Gasteiger partial charge in [0.25, 0.3) is 11.8 Å². The minimum Gasteiger partial charge on any atom is -0.369 e. The second-order valence-electron chi connectivity index (χ2n) is 15.4. The number of anilines is 1. The molecule has 3 saturated heterocycles. The zero-order valence-corrected chi connectivity index (χ0v) is 30.8. The van der Waals surface area contributed by atoms with E-state index in [0.717, 1.165) is 109 Å². The molecule has 2 aromatic carbocycles. The van der Waals surface area contributed by atoms with Crippen LogP contribution < -0.4 is 10.2 Å². The van der Waals surface area contributed by atoms with E-state index in [4.69, 9.17) is 0 Å². The topological polar surface area (TPSA) is 124 Å². The SMILES string of the molecule is Cn1c2ccncc2c2ccc(-c3cnc(CN4CCC(CCN5CCN(c6ccc7c(c6)C(=O)N(C6CCC(=O)NC6=O)C7=O)CC5)CC4)c(F)c3)cc21. The number of nitrogens with one attached hydrogen (secondary N) is 1. The van der Waals surface area contributed by atoms with Crippen LogP contribution in [-0.4, -0.2) is 105 Å². The number of nitrogens with zero attached hydrogens (tertiary/aromatic N) is 7. The van der Waals surface area contributed by atoms with E-state index in [-0.39, 0.29) is 24.6 Å². The number of benzene rings is 2. The number of imide groups is 2. The standard InChI is InChI=1S/C42H43FN8O4/c1-47-36-8-12-44-24-33(36)30-4-2-27(21-38(30)47)28-20-34(43)35(45-23-28)25-49-14-10-26(11-15-49)9-13-48-16-18-50(19-17-48)29-3-5-31-32(22-29)42(55)51(41(31)54)37-6-7-39(52)46-40(37)53/h2-5,8,12,20-24,26,37H,6-7,9-11,13-19,25H2,1H3,(H,46,52,53). The predicted octanol–water partition coefficient (Wildman–Crippen LogP) is 4.75. The third kappa shape index (κ3) is 6.54. The summed E-state index contributed by atoms with van der Waals surface area (Å²) in [6, 6.07) is 14.2.